The molecule has 10 atom stereocenters. The summed E-state index contributed by atoms with van der Waals surface area (Å²) in [5.41, 5.74) is -1.82. The molecule has 0 saturated heterocycles. The Morgan fingerprint density at radius 3 is 2.34 bits per heavy atom. The van der Waals surface area contributed by atoms with Gasteiger partial charge in [0, 0.05) is 6.42 Å². The lowest BCUT2D eigenvalue weighted by Crippen LogP contribution is -2.56. The number of alkyl halides is 3. The largest absolute Gasteiger partial charge is 0.417 e. The normalized spacial score (nSPS) is 40.4. The van der Waals surface area contributed by atoms with Crippen LogP contribution in [-0.2, 0) is 0 Å². The van der Waals surface area contributed by atoms with E-state index in [0.717, 1.165) is 50.5 Å². The molecule has 216 valence electrons. The van der Waals surface area contributed by atoms with Gasteiger partial charge in [-0.2, -0.15) is 13.2 Å². The third-order valence-corrected chi connectivity index (χ3v) is 11.7. The van der Waals surface area contributed by atoms with Gasteiger partial charge in [-0.05, 0) is 97.3 Å². The summed E-state index contributed by atoms with van der Waals surface area (Å²) < 4.78 is 41.0. The van der Waals surface area contributed by atoms with Crippen LogP contribution in [0.4, 0.5) is 13.2 Å². The van der Waals surface area contributed by atoms with Crippen molar-refractivity contribution < 1.29 is 28.5 Å². The second kappa shape index (κ2) is 11.0. The summed E-state index contributed by atoms with van der Waals surface area (Å²) in [6, 6.07) is 9.49. The fourth-order valence-corrected chi connectivity index (χ4v) is 9.01. The molecular weight excluding hydrogens is 489 g/mol. The summed E-state index contributed by atoms with van der Waals surface area (Å²) in [5.74, 6) is 1.11. The van der Waals surface area contributed by atoms with Gasteiger partial charge in [-0.25, -0.2) is 0 Å². The molecule has 3 saturated carbocycles. The fourth-order valence-electron chi connectivity index (χ4n) is 9.01. The molecule has 38 heavy (non-hydrogen) atoms. The van der Waals surface area contributed by atoms with Crippen molar-refractivity contribution >= 4 is 0 Å². The van der Waals surface area contributed by atoms with Crippen LogP contribution in [0.5, 0.6) is 0 Å². The maximum absolute atomic E-state index is 13.7. The first-order valence-electron chi connectivity index (χ1n) is 14.9. The predicted molar refractivity (Wildman–Crippen MR) is 144 cm³/mol. The van der Waals surface area contributed by atoms with Crippen LogP contribution < -0.4 is 0 Å². The fraction of sp³-hybridized carbons (Fsp3) is 0.812. The minimum absolute atomic E-state index is 0.0597. The van der Waals surface area contributed by atoms with Gasteiger partial charge in [0.2, 0.25) is 0 Å². The van der Waals surface area contributed by atoms with Crippen molar-refractivity contribution in [1.82, 2.24) is 0 Å². The Kier molecular flexibility index (Phi) is 8.68. The molecule has 0 amide bonds. The third-order valence-electron chi connectivity index (χ3n) is 11.7. The van der Waals surface area contributed by atoms with Crippen molar-refractivity contribution in [3.63, 3.8) is 0 Å². The molecule has 3 fully saturated rings. The highest BCUT2D eigenvalue weighted by atomic mass is 19.4. The zero-order valence-electron chi connectivity index (χ0n) is 23.7. The van der Waals surface area contributed by atoms with Gasteiger partial charge in [0.1, 0.15) is 0 Å². The van der Waals surface area contributed by atoms with E-state index in [1.165, 1.54) is 0 Å². The highest BCUT2D eigenvalue weighted by Gasteiger charge is 2.61. The summed E-state index contributed by atoms with van der Waals surface area (Å²) in [7, 11) is 0. The minimum Gasteiger partial charge on any atom is -0.393 e. The molecule has 0 radical (unpaired) electrons. The molecule has 1 aromatic carbocycles. The van der Waals surface area contributed by atoms with Crippen LogP contribution >= 0.6 is 0 Å². The first kappa shape index (κ1) is 29.9. The van der Waals surface area contributed by atoms with Crippen LogP contribution in [0.15, 0.2) is 30.3 Å². The van der Waals surface area contributed by atoms with Gasteiger partial charge in [-0.3, -0.25) is 0 Å². The summed E-state index contributed by atoms with van der Waals surface area (Å²) in [5, 5.41) is 32.3. The Labute approximate surface area is 227 Å². The smallest absolute Gasteiger partial charge is 0.393 e. The van der Waals surface area contributed by atoms with E-state index >= 15 is 0 Å². The van der Waals surface area contributed by atoms with Crippen LogP contribution in [0.25, 0.3) is 0 Å². The summed E-state index contributed by atoms with van der Waals surface area (Å²) in [6.07, 6.45) is 1.50. The molecule has 0 heterocycles. The monoisotopic (exact) mass is 538 g/mol. The molecule has 3 N–H and O–H groups in total. The zero-order valence-corrected chi connectivity index (χ0v) is 23.7. The average Bonchev–Trinajstić information content (AvgIpc) is 3.25. The first-order valence-corrected chi connectivity index (χ1v) is 14.9. The van der Waals surface area contributed by atoms with E-state index in [2.05, 4.69) is 27.7 Å². The Balaban J connectivity index is 1.42. The minimum atomic E-state index is -4.57. The molecular formula is C32H49F3O3. The van der Waals surface area contributed by atoms with Crippen LogP contribution in [-0.4, -0.2) is 33.2 Å². The second-order valence-corrected chi connectivity index (χ2v) is 13.9. The van der Waals surface area contributed by atoms with Crippen LogP contribution in [0.2, 0.25) is 0 Å². The lowest BCUT2D eigenvalue weighted by atomic mass is 9.49. The summed E-state index contributed by atoms with van der Waals surface area (Å²) in [4.78, 5) is 0. The van der Waals surface area contributed by atoms with Gasteiger partial charge < -0.3 is 15.3 Å². The van der Waals surface area contributed by atoms with Gasteiger partial charge in [-0.1, -0.05) is 70.9 Å². The quantitative estimate of drug-likeness (QED) is 0.316. The van der Waals surface area contributed by atoms with E-state index in [-0.39, 0.29) is 35.5 Å². The van der Waals surface area contributed by atoms with Gasteiger partial charge in [0.05, 0.1) is 12.2 Å². The highest BCUT2D eigenvalue weighted by molar-refractivity contribution is 5.17. The van der Waals surface area contributed by atoms with Crippen molar-refractivity contribution in [3.05, 3.63) is 35.9 Å². The zero-order chi connectivity index (χ0) is 27.9. The maximum atomic E-state index is 13.7. The first-order chi connectivity index (χ1) is 17.7. The van der Waals surface area contributed by atoms with Crippen molar-refractivity contribution in [1.29, 1.82) is 0 Å². The Bertz CT molecular complexity index is 922. The van der Waals surface area contributed by atoms with E-state index in [1.807, 2.05) is 30.3 Å². The highest BCUT2D eigenvalue weighted by Crippen LogP contribution is 2.62. The Hall–Kier alpha value is -1.11. The van der Waals surface area contributed by atoms with Crippen LogP contribution in [0, 0.1) is 40.4 Å². The number of hydrogen-bond donors (Lipinski definition) is 3. The predicted octanol–water partition coefficient (Wildman–Crippen LogP) is 7.84. The number of aliphatic hydroxyl groups is 3. The number of aliphatic hydroxyl groups excluding tert-OH is 2. The summed E-state index contributed by atoms with van der Waals surface area (Å²) in [6.45, 7) is 8.93. The summed E-state index contributed by atoms with van der Waals surface area (Å²) >= 11 is 0. The Morgan fingerprint density at radius 1 is 1.00 bits per heavy atom. The van der Waals surface area contributed by atoms with E-state index in [0.29, 0.717) is 30.6 Å². The molecule has 1 aromatic rings. The molecule has 0 aromatic heterocycles. The topological polar surface area (TPSA) is 60.7 Å². The van der Waals surface area contributed by atoms with Crippen molar-refractivity contribution in [2.24, 2.45) is 40.4 Å². The van der Waals surface area contributed by atoms with E-state index < -0.39 is 24.0 Å². The van der Waals surface area contributed by atoms with Gasteiger partial charge in [-0.15, -0.1) is 0 Å². The van der Waals surface area contributed by atoms with Crippen LogP contribution in [0.3, 0.4) is 0 Å². The third kappa shape index (κ3) is 5.69. The van der Waals surface area contributed by atoms with Crippen LogP contribution in [0.1, 0.15) is 110 Å². The lowest BCUT2D eigenvalue weighted by molar-refractivity contribution is -0.288. The van der Waals surface area contributed by atoms with Gasteiger partial charge in [0.25, 0.3) is 0 Å². The van der Waals surface area contributed by atoms with E-state index in [4.69, 9.17) is 0 Å². The van der Waals surface area contributed by atoms with E-state index in [1.54, 1.807) is 0 Å². The average molecular weight is 539 g/mol. The molecule has 6 heteroatoms. The standard InChI is InChI=1S/C32H49F3O3/c1-21-12-13-24-20-31(38,32(33,34)35)18-17-30(24,4)25(21)14-16-29(3)15-8-11-26(29)22(2)27(36)19-28(37)23-9-6-5-7-10-23/h5-7,9-10,21-22,24-28,36-38H,8,11-20H2,1-4H3/t21-,22+,24+,25+,26-,27+,28-,29-,30+,31+/m1/s1. The SMILES string of the molecule is C[C@@H]([C@H]1CCC[C@]1(C)CC[C@H]1[C@H](C)CC[C@H]2C[C@](O)(C(F)(F)F)CC[C@@]21C)[C@@H](O)C[C@@H](O)c1ccccc1. The number of fused-ring (bicyclic) bond motifs is 1. The number of hydrogen-bond acceptors (Lipinski definition) is 3. The Morgan fingerprint density at radius 2 is 1.68 bits per heavy atom. The number of halogens is 3. The molecule has 0 spiro atoms. The lowest BCUT2D eigenvalue weighted by Gasteiger charge is -2.57. The van der Waals surface area contributed by atoms with Gasteiger partial charge in [0.15, 0.2) is 5.60 Å². The van der Waals surface area contributed by atoms with Crippen molar-refractivity contribution in [3.8, 4) is 0 Å². The molecule has 0 bridgehead atoms. The maximum Gasteiger partial charge on any atom is 0.417 e. The molecule has 3 nitrogen and oxygen atoms in total. The van der Waals surface area contributed by atoms with E-state index in [9.17, 15) is 28.5 Å². The van der Waals surface area contributed by atoms with Gasteiger partial charge >= 0.3 is 6.18 Å². The number of rotatable bonds is 8. The molecule has 3 aliphatic carbocycles. The molecule has 3 aliphatic rings. The number of benzene rings is 1. The molecule has 4 rings (SSSR count). The second-order valence-electron chi connectivity index (χ2n) is 13.9. The van der Waals surface area contributed by atoms with Crippen molar-refractivity contribution in [2.75, 3.05) is 0 Å². The molecule has 0 unspecified atom stereocenters. The van der Waals surface area contributed by atoms with Crippen molar-refractivity contribution in [2.45, 2.75) is 122 Å². The molecule has 0 aliphatic heterocycles.